The maximum absolute atomic E-state index is 13.3. The fourth-order valence-corrected chi connectivity index (χ4v) is 4.23. The number of carbonyl (C=O) groups is 1. The Morgan fingerprint density at radius 1 is 1.26 bits per heavy atom. The van der Waals surface area contributed by atoms with Crippen LogP contribution in [-0.2, 0) is 4.79 Å². The number of amides is 1. The Morgan fingerprint density at radius 3 is 2.65 bits per heavy atom. The van der Waals surface area contributed by atoms with Crippen molar-refractivity contribution in [2.75, 3.05) is 6.54 Å². The van der Waals surface area contributed by atoms with E-state index in [-0.39, 0.29) is 17.8 Å². The van der Waals surface area contributed by atoms with E-state index in [1.54, 1.807) is 6.07 Å². The van der Waals surface area contributed by atoms with Crippen LogP contribution in [0.15, 0.2) is 18.2 Å². The van der Waals surface area contributed by atoms with Gasteiger partial charge in [0.1, 0.15) is 5.82 Å². The van der Waals surface area contributed by atoms with Crippen molar-refractivity contribution in [3.63, 3.8) is 0 Å². The fraction of sp³-hybridized carbons (Fsp3) is 0.556. The van der Waals surface area contributed by atoms with Crippen LogP contribution >= 0.6 is 0 Å². The number of rotatable bonds is 3. The van der Waals surface area contributed by atoms with Crippen molar-refractivity contribution in [1.29, 1.82) is 5.26 Å². The number of nitrogens with two attached hydrogens (primary N) is 1. The molecule has 1 unspecified atom stereocenters. The van der Waals surface area contributed by atoms with Crippen LogP contribution < -0.4 is 5.73 Å². The molecule has 0 aromatic heterocycles. The molecule has 3 rings (SSSR count). The van der Waals surface area contributed by atoms with E-state index in [4.69, 9.17) is 5.73 Å². The SMILES string of the molecule is N#Cc1cc(F)ccc1C1CCC(N2CCCC2C(N)=O)CC1. The lowest BCUT2D eigenvalue weighted by atomic mass is 9.79. The molecule has 1 heterocycles. The molecule has 0 radical (unpaired) electrons. The lowest BCUT2D eigenvalue weighted by Crippen LogP contribution is -2.47. The number of hydrogen-bond acceptors (Lipinski definition) is 3. The third-order valence-corrected chi connectivity index (χ3v) is 5.36. The first-order valence-electron chi connectivity index (χ1n) is 8.34. The van der Waals surface area contributed by atoms with Crippen LogP contribution in [-0.4, -0.2) is 29.4 Å². The number of halogens is 1. The maximum Gasteiger partial charge on any atom is 0.234 e. The number of hydrogen-bond donors (Lipinski definition) is 1. The normalized spacial score (nSPS) is 28.4. The van der Waals surface area contributed by atoms with Gasteiger partial charge in [-0.1, -0.05) is 6.07 Å². The van der Waals surface area contributed by atoms with Gasteiger partial charge in [-0.05, 0) is 68.7 Å². The number of primary amides is 1. The molecule has 23 heavy (non-hydrogen) atoms. The predicted molar refractivity (Wildman–Crippen MR) is 85.0 cm³/mol. The highest BCUT2D eigenvalue weighted by Gasteiger charge is 2.36. The van der Waals surface area contributed by atoms with Gasteiger partial charge in [-0.2, -0.15) is 5.26 Å². The van der Waals surface area contributed by atoms with Crippen molar-refractivity contribution in [1.82, 2.24) is 4.90 Å². The van der Waals surface area contributed by atoms with Crippen molar-refractivity contribution in [2.45, 2.75) is 56.5 Å². The minimum Gasteiger partial charge on any atom is -0.368 e. The van der Waals surface area contributed by atoms with Crippen LogP contribution in [0.5, 0.6) is 0 Å². The lowest BCUT2D eigenvalue weighted by Gasteiger charge is -2.37. The summed E-state index contributed by atoms with van der Waals surface area (Å²) in [6.45, 7) is 0.947. The van der Waals surface area contributed by atoms with E-state index in [1.807, 2.05) is 0 Å². The first-order chi connectivity index (χ1) is 11.1. The zero-order chi connectivity index (χ0) is 16.4. The molecule has 2 fully saturated rings. The Kier molecular flexibility index (Phi) is 4.63. The van der Waals surface area contributed by atoms with Gasteiger partial charge < -0.3 is 5.73 Å². The summed E-state index contributed by atoms with van der Waals surface area (Å²) < 4.78 is 13.3. The Labute approximate surface area is 136 Å². The smallest absolute Gasteiger partial charge is 0.234 e. The summed E-state index contributed by atoms with van der Waals surface area (Å²) in [5, 5.41) is 9.22. The van der Waals surface area contributed by atoms with Gasteiger partial charge in [-0.15, -0.1) is 0 Å². The summed E-state index contributed by atoms with van der Waals surface area (Å²) in [5.74, 6) is -0.272. The first-order valence-corrected chi connectivity index (χ1v) is 8.34. The molecule has 122 valence electrons. The molecule has 4 nitrogen and oxygen atoms in total. The molecule has 1 aromatic carbocycles. The van der Waals surface area contributed by atoms with Crippen LogP contribution in [0.4, 0.5) is 4.39 Å². The zero-order valence-corrected chi connectivity index (χ0v) is 13.2. The van der Waals surface area contributed by atoms with E-state index < -0.39 is 0 Å². The van der Waals surface area contributed by atoms with Crippen LogP contribution in [0.25, 0.3) is 0 Å². The van der Waals surface area contributed by atoms with Crippen molar-refractivity contribution in [2.24, 2.45) is 5.73 Å². The van der Waals surface area contributed by atoms with Crippen molar-refractivity contribution < 1.29 is 9.18 Å². The Morgan fingerprint density at radius 2 is 2.00 bits per heavy atom. The number of nitrogens with zero attached hydrogens (tertiary/aromatic N) is 2. The molecule has 1 atom stereocenters. The van der Waals surface area contributed by atoms with Gasteiger partial charge in [0.2, 0.25) is 5.91 Å². The highest BCUT2D eigenvalue weighted by atomic mass is 19.1. The van der Waals surface area contributed by atoms with Gasteiger partial charge in [-0.25, -0.2) is 4.39 Å². The maximum atomic E-state index is 13.3. The van der Waals surface area contributed by atoms with Crippen molar-refractivity contribution in [3.05, 3.63) is 35.1 Å². The summed E-state index contributed by atoms with van der Waals surface area (Å²) >= 11 is 0. The van der Waals surface area contributed by atoms with E-state index in [2.05, 4.69) is 11.0 Å². The fourth-order valence-electron chi connectivity index (χ4n) is 4.23. The molecule has 2 N–H and O–H groups in total. The van der Waals surface area contributed by atoms with Crippen molar-refractivity contribution >= 4 is 5.91 Å². The quantitative estimate of drug-likeness (QED) is 0.932. The number of benzene rings is 1. The average Bonchev–Trinajstić information content (AvgIpc) is 3.05. The molecule has 5 heteroatoms. The van der Waals surface area contributed by atoms with Gasteiger partial charge in [0.25, 0.3) is 0 Å². The number of nitriles is 1. The summed E-state index contributed by atoms with van der Waals surface area (Å²) in [7, 11) is 0. The number of carbonyl (C=O) groups excluding carboxylic acids is 1. The van der Waals surface area contributed by atoms with E-state index in [0.29, 0.717) is 17.5 Å². The minimum atomic E-state index is -0.361. The molecule has 0 spiro atoms. The summed E-state index contributed by atoms with van der Waals surface area (Å²) in [5.41, 5.74) is 6.92. The largest absolute Gasteiger partial charge is 0.368 e. The third-order valence-electron chi connectivity index (χ3n) is 5.36. The molecule has 1 amide bonds. The third kappa shape index (κ3) is 3.23. The Bertz CT molecular complexity index is 632. The summed E-state index contributed by atoms with van der Waals surface area (Å²) in [6.07, 6.45) is 5.82. The highest BCUT2D eigenvalue weighted by Crippen LogP contribution is 2.38. The Balaban J connectivity index is 1.67. The van der Waals surface area contributed by atoms with Crippen LogP contribution in [0.3, 0.4) is 0 Å². The second-order valence-electron chi connectivity index (χ2n) is 6.65. The van der Waals surface area contributed by atoms with E-state index in [1.165, 1.54) is 12.1 Å². The molecule has 1 saturated carbocycles. The van der Waals surface area contributed by atoms with Gasteiger partial charge in [0.15, 0.2) is 0 Å². The van der Waals surface area contributed by atoms with Gasteiger partial charge in [0, 0.05) is 6.04 Å². The summed E-state index contributed by atoms with van der Waals surface area (Å²) in [6, 6.07) is 6.91. The van der Waals surface area contributed by atoms with Gasteiger partial charge in [0.05, 0.1) is 17.7 Å². The molecule has 2 aliphatic rings. The van der Waals surface area contributed by atoms with E-state index in [0.717, 1.165) is 50.6 Å². The lowest BCUT2D eigenvalue weighted by molar-refractivity contribution is -0.123. The monoisotopic (exact) mass is 315 g/mol. The van der Waals surface area contributed by atoms with Crippen LogP contribution in [0.1, 0.15) is 55.6 Å². The van der Waals surface area contributed by atoms with E-state index in [9.17, 15) is 14.4 Å². The number of likely N-dealkylation sites (tertiary alicyclic amines) is 1. The molecule has 1 aliphatic carbocycles. The molecule has 0 bridgehead atoms. The standard InChI is InChI=1S/C18H22FN3O/c19-14-5-8-16(13(10-14)11-20)12-3-6-15(7-4-12)22-9-1-2-17(22)18(21)23/h5,8,10,12,15,17H,1-4,6-7,9H2,(H2,21,23). The van der Waals surface area contributed by atoms with Gasteiger partial charge in [-0.3, -0.25) is 9.69 Å². The first kappa shape index (κ1) is 15.9. The van der Waals surface area contributed by atoms with Crippen LogP contribution in [0.2, 0.25) is 0 Å². The molecular formula is C18H22FN3O. The van der Waals surface area contributed by atoms with Gasteiger partial charge >= 0.3 is 0 Å². The predicted octanol–water partition coefficient (Wildman–Crippen LogP) is 2.67. The zero-order valence-electron chi connectivity index (χ0n) is 13.2. The molecular weight excluding hydrogens is 293 g/mol. The van der Waals surface area contributed by atoms with Crippen molar-refractivity contribution in [3.8, 4) is 6.07 Å². The molecule has 1 aromatic rings. The molecule has 1 aliphatic heterocycles. The van der Waals surface area contributed by atoms with Crippen LogP contribution in [0, 0.1) is 17.1 Å². The second kappa shape index (κ2) is 6.67. The second-order valence-corrected chi connectivity index (χ2v) is 6.65. The van der Waals surface area contributed by atoms with E-state index >= 15 is 0 Å². The average molecular weight is 315 g/mol. The molecule has 1 saturated heterocycles. The highest BCUT2D eigenvalue weighted by molar-refractivity contribution is 5.80. The topological polar surface area (TPSA) is 70.1 Å². The minimum absolute atomic E-state index is 0.114. The summed E-state index contributed by atoms with van der Waals surface area (Å²) in [4.78, 5) is 13.8. The Hall–Kier alpha value is -1.93.